The number of hydrogen-bond donors (Lipinski definition) is 2. The van der Waals surface area contributed by atoms with Gasteiger partial charge >= 0.3 is 0 Å². The Labute approximate surface area is 121 Å². The molecular weight excluding hydrogens is 250 g/mol. The predicted octanol–water partition coefficient (Wildman–Crippen LogP) is 2.80. The molecule has 3 nitrogen and oxygen atoms in total. The summed E-state index contributed by atoms with van der Waals surface area (Å²) in [7, 11) is 0. The second-order valence-electron chi connectivity index (χ2n) is 6.22. The lowest BCUT2D eigenvalue weighted by Crippen LogP contribution is -2.34. The summed E-state index contributed by atoms with van der Waals surface area (Å²) in [6, 6.07) is 10.2. The molecule has 1 heterocycles. The van der Waals surface area contributed by atoms with E-state index in [4.69, 9.17) is 4.74 Å². The van der Waals surface area contributed by atoms with Gasteiger partial charge in [0, 0.05) is 6.54 Å². The Morgan fingerprint density at radius 3 is 2.65 bits per heavy atom. The van der Waals surface area contributed by atoms with Crippen LogP contribution in [-0.2, 0) is 4.74 Å². The van der Waals surface area contributed by atoms with Crippen molar-refractivity contribution in [3.05, 3.63) is 35.9 Å². The number of hydrogen-bond acceptors (Lipinski definition) is 3. The first-order chi connectivity index (χ1) is 9.81. The normalized spacial score (nSPS) is 26.1. The topological polar surface area (TPSA) is 41.5 Å². The summed E-state index contributed by atoms with van der Waals surface area (Å²) in [5, 5.41) is 13.0. The van der Waals surface area contributed by atoms with Crippen molar-refractivity contribution in [3.63, 3.8) is 0 Å². The lowest BCUT2D eigenvalue weighted by molar-refractivity contribution is -0.0363. The van der Waals surface area contributed by atoms with Gasteiger partial charge in [0.2, 0.25) is 0 Å². The van der Waals surface area contributed by atoms with Crippen LogP contribution in [0.4, 0.5) is 0 Å². The summed E-state index contributed by atoms with van der Waals surface area (Å²) >= 11 is 0. The fourth-order valence-corrected chi connectivity index (χ4v) is 3.67. The van der Waals surface area contributed by atoms with E-state index >= 15 is 0 Å². The number of aliphatic hydroxyl groups is 1. The van der Waals surface area contributed by atoms with Gasteiger partial charge in [-0.15, -0.1) is 0 Å². The Balaban J connectivity index is 1.51. The van der Waals surface area contributed by atoms with Crippen LogP contribution >= 0.6 is 0 Å². The van der Waals surface area contributed by atoms with E-state index in [0.29, 0.717) is 6.10 Å². The zero-order chi connectivity index (χ0) is 13.8. The van der Waals surface area contributed by atoms with E-state index in [2.05, 4.69) is 17.4 Å². The highest BCUT2D eigenvalue weighted by atomic mass is 16.5. The van der Waals surface area contributed by atoms with Gasteiger partial charge in [-0.25, -0.2) is 0 Å². The number of aliphatic hydroxyl groups excluding tert-OH is 1. The van der Waals surface area contributed by atoms with Crippen LogP contribution in [-0.4, -0.2) is 30.0 Å². The maximum atomic E-state index is 9.56. The van der Waals surface area contributed by atoms with Crippen molar-refractivity contribution in [1.82, 2.24) is 5.32 Å². The van der Waals surface area contributed by atoms with Crippen molar-refractivity contribution in [3.8, 4) is 0 Å². The fourth-order valence-electron chi connectivity index (χ4n) is 3.67. The summed E-state index contributed by atoms with van der Waals surface area (Å²) in [6.45, 7) is 0.962. The third-order valence-corrected chi connectivity index (χ3v) is 4.83. The molecule has 1 saturated carbocycles. The highest BCUT2D eigenvalue weighted by molar-refractivity contribution is 5.18. The molecule has 1 aromatic rings. The van der Waals surface area contributed by atoms with Crippen LogP contribution in [0.5, 0.6) is 0 Å². The molecule has 2 unspecified atom stereocenters. The van der Waals surface area contributed by atoms with E-state index in [1.165, 1.54) is 32.1 Å². The standard InChI is InChI=1S/C17H25NO2/c19-13-16(14-6-2-1-3-7-14)18-12-15-8-11-17(20-15)9-4-5-10-17/h1-3,6-7,15-16,18-19H,4-5,8-13H2. The fraction of sp³-hybridized carbons (Fsp3) is 0.647. The maximum Gasteiger partial charge on any atom is 0.0708 e. The van der Waals surface area contributed by atoms with Gasteiger partial charge in [-0.2, -0.15) is 0 Å². The minimum Gasteiger partial charge on any atom is -0.394 e. The monoisotopic (exact) mass is 275 g/mol. The van der Waals surface area contributed by atoms with Crippen molar-refractivity contribution >= 4 is 0 Å². The number of benzene rings is 1. The van der Waals surface area contributed by atoms with Crippen molar-refractivity contribution in [2.24, 2.45) is 0 Å². The Bertz CT molecular complexity index is 414. The van der Waals surface area contributed by atoms with Gasteiger partial charge in [0.05, 0.1) is 24.4 Å². The molecule has 3 heteroatoms. The van der Waals surface area contributed by atoms with Crippen LogP contribution in [0.25, 0.3) is 0 Å². The molecule has 2 N–H and O–H groups in total. The molecule has 0 bridgehead atoms. The smallest absolute Gasteiger partial charge is 0.0708 e. The summed E-state index contributed by atoms with van der Waals surface area (Å²) in [6.07, 6.45) is 7.81. The molecule has 1 spiro atoms. The average Bonchev–Trinajstić information content (AvgIpc) is 3.11. The average molecular weight is 275 g/mol. The number of ether oxygens (including phenoxy) is 1. The van der Waals surface area contributed by atoms with Gasteiger partial charge in [0.25, 0.3) is 0 Å². The van der Waals surface area contributed by atoms with Crippen LogP contribution in [0, 0.1) is 0 Å². The molecule has 1 aromatic carbocycles. The highest BCUT2D eigenvalue weighted by Crippen LogP contribution is 2.43. The Kier molecular flexibility index (Phi) is 4.39. The van der Waals surface area contributed by atoms with Crippen molar-refractivity contribution < 1.29 is 9.84 Å². The molecule has 2 aliphatic rings. The third kappa shape index (κ3) is 3.05. The second-order valence-corrected chi connectivity index (χ2v) is 6.22. The first-order valence-corrected chi connectivity index (χ1v) is 7.88. The Morgan fingerprint density at radius 1 is 1.20 bits per heavy atom. The highest BCUT2D eigenvalue weighted by Gasteiger charge is 2.41. The number of nitrogens with one attached hydrogen (secondary N) is 1. The quantitative estimate of drug-likeness (QED) is 0.868. The Morgan fingerprint density at radius 2 is 1.95 bits per heavy atom. The van der Waals surface area contributed by atoms with Crippen LogP contribution in [0.3, 0.4) is 0 Å². The van der Waals surface area contributed by atoms with Gasteiger partial charge in [-0.1, -0.05) is 43.2 Å². The molecule has 3 rings (SSSR count). The van der Waals surface area contributed by atoms with Gasteiger partial charge < -0.3 is 15.2 Å². The number of rotatable bonds is 5. The predicted molar refractivity (Wildman–Crippen MR) is 79.6 cm³/mol. The van der Waals surface area contributed by atoms with Crippen molar-refractivity contribution in [2.75, 3.05) is 13.2 Å². The molecule has 0 amide bonds. The summed E-state index contributed by atoms with van der Waals surface area (Å²) < 4.78 is 6.30. The molecule has 0 aromatic heterocycles. The van der Waals surface area contributed by atoms with E-state index in [0.717, 1.165) is 18.5 Å². The minimum absolute atomic E-state index is 0.0138. The van der Waals surface area contributed by atoms with Crippen LogP contribution < -0.4 is 5.32 Å². The van der Waals surface area contributed by atoms with Gasteiger partial charge in [-0.05, 0) is 31.2 Å². The first-order valence-electron chi connectivity index (χ1n) is 7.88. The molecule has 1 saturated heterocycles. The van der Waals surface area contributed by atoms with E-state index in [1.807, 2.05) is 18.2 Å². The Hall–Kier alpha value is -0.900. The summed E-state index contributed by atoms with van der Waals surface area (Å²) in [4.78, 5) is 0. The lowest BCUT2D eigenvalue weighted by atomic mass is 9.98. The second kappa shape index (κ2) is 6.25. The molecule has 2 atom stereocenters. The van der Waals surface area contributed by atoms with E-state index in [-0.39, 0.29) is 18.2 Å². The van der Waals surface area contributed by atoms with Gasteiger partial charge in [0.15, 0.2) is 0 Å². The van der Waals surface area contributed by atoms with Crippen molar-refractivity contribution in [1.29, 1.82) is 0 Å². The van der Waals surface area contributed by atoms with E-state index in [1.54, 1.807) is 0 Å². The molecule has 1 aliphatic carbocycles. The van der Waals surface area contributed by atoms with Crippen molar-refractivity contribution in [2.45, 2.75) is 56.3 Å². The maximum absolute atomic E-state index is 9.56. The first kappa shape index (κ1) is 14.1. The SMILES string of the molecule is OCC(NCC1CCC2(CCCC2)O1)c1ccccc1. The molecule has 0 radical (unpaired) electrons. The van der Waals surface area contributed by atoms with E-state index < -0.39 is 0 Å². The third-order valence-electron chi connectivity index (χ3n) is 4.83. The van der Waals surface area contributed by atoms with Gasteiger partial charge in [0.1, 0.15) is 0 Å². The van der Waals surface area contributed by atoms with Crippen LogP contribution in [0.1, 0.15) is 50.1 Å². The zero-order valence-electron chi connectivity index (χ0n) is 12.1. The minimum atomic E-state index is 0.0138. The zero-order valence-corrected chi connectivity index (χ0v) is 12.1. The van der Waals surface area contributed by atoms with Crippen LogP contribution in [0.2, 0.25) is 0 Å². The molecule has 1 aliphatic heterocycles. The van der Waals surface area contributed by atoms with Crippen LogP contribution in [0.15, 0.2) is 30.3 Å². The summed E-state index contributed by atoms with van der Waals surface area (Å²) in [5.41, 5.74) is 1.34. The molecule has 20 heavy (non-hydrogen) atoms. The molecular formula is C17H25NO2. The molecule has 2 fully saturated rings. The van der Waals surface area contributed by atoms with Gasteiger partial charge in [-0.3, -0.25) is 0 Å². The van der Waals surface area contributed by atoms with E-state index in [9.17, 15) is 5.11 Å². The molecule has 110 valence electrons. The lowest BCUT2D eigenvalue weighted by Gasteiger charge is -2.25. The summed E-state index contributed by atoms with van der Waals surface area (Å²) in [5.74, 6) is 0. The largest absolute Gasteiger partial charge is 0.394 e.